The van der Waals surface area contributed by atoms with E-state index in [9.17, 15) is 9.90 Å². The third kappa shape index (κ3) is 2.77. The van der Waals surface area contributed by atoms with Gasteiger partial charge in [0.2, 0.25) is 0 Å². The van der Waals surface area contributed by atoms with E-state index in [1.165, 1.54) is 0 Å². The molecule has 3 aromatic rings. The molecule has 1 aliphatic rings. The summed E-state index contributed by atoms with van der Waals surface area (Å²) in [4.78, 5) is 16.0. The van der Waals surface area contributed by atoms with Gasteiger partial charge < -0.3 is 5.11 Å². The summed E-state index contributed by atoms with van der Waals surface area (Å²) in [6, 6.07) is 14.8. The Labute approximate surface area is 156 Å². The predicted octanol–water partition coefficient (Wildman–Crippen LogP) is 4.34. The number of hydrogen-bond acceptors (Lipinski definition) is 3. The quantitative estimate of drug-likeness (QED) is 0.676. The SMILES string of the molecule is O=C(O)c1cc2n(n1)-c1ccc(Cl)cc1C(c1ccccc1Br)=NC2. The molecule has 1 aromatic heterocycles. The van der Waals surface area contributed by atoms with Crippen LogP contribution in [0, 0.1) is 0 Å². The van der Waals surface area contributed by atoms with Crippen molar-refractivity contribution in [3.8, 4) is 5.69 Å². The highest BCUT2D eigenvalue weighted by atomic mass is 79.9. The Bertz CT molecular complexity index is 1040. The Morgan fingerprint density at radius 2 is 1.96 bits per heavy atom. The smallest absolute Gasteiger partial charge is 0.356 e. The molecule has 0 fully saturated rings. The van der Waals surface area contributed by atoms with E-state index < -0.39 is 5.97 Å². The van der Waals surface area contributed by atoms with Crippen LogP contribution in [0.2, 0.25) is 5.02 Å². The van der Waals surface area contributed by atoms with Crippen LogP contribution in [0.4, 0.5) is 0 Å². The molecule has 4 rings (SSSR count). The fourth-order valence-electron chi connectivity index (χ4n) is 2.86. The molecule has 0 bridgehead atoms. The summed E-state index contributed by atoms with van der Waals surface area (Å²) in [6.45, 7) is 0.323. The van der Waals surface area contributed by atoms with Gasteiger partial charge in [0.25, 0.3) is 0 Å². The van der Waals surface area contributed by atoms with Crippen LogP contribution in [0.15, 0.2) is 58.0 Å². The van der Waals surface area contributed by atoms with E-state index in [0.29, 0.717) is 17.3 Å². The van der Waals surface area contributed by atoms with E-state index >= 15 is 0 Å². The molecule has 124 valence electrons. The number of aliphatic imine (C=N–C) groups is 1. The van der Waals surface area contributed by atoms with Gasteiger partial charge in [0.15, 0.2) is 5.69 Å². The molecule has 7 heteroatoms. The summed E-state index contributed by atoms with van der Waals surface area (Å²) < 4.78 is 2.55. The zero-order chi connectivity index (χ0) is 17.6. The maximum atomic E-state index is 11.3. The highest BCUT2D eigenvalue weighted by molar-refractivity contribution is 9.10. The summed E-state index contributed by atoms with van der Waals surface area (Å²) in [5.74, 6) is -1.06. The monoisotopic (exact) mass is 415 g/mol. The van der Waals surface area contributed by atoms with Gasteiger partial charge in [-0.3, -0.25) is 4.99 Å². The number of fused-ring (bicyclic) bond motifs is 3. The number of hydrogen-bond donors (Lipinski definition) is 1. The first-order chi connectivity index (χ1) is 12.0. The first-order valence-electron chi connectivity index (χ1n) is 7.46. The molecular weight excluding hydrogens is 406 g/mol. The van der Waals surface area contributed by atoms with Gasteiger partial charge in [0.1, 0.15) is 0 Å². The van der Waals surface area contributed by atoms with Crippen molar-refractivity contribution < 1.29 is 9.90 Å². The Morgan fingerprint density at radius 3 is 2.72 bits per heavy atom. The molecule has 0 saturated heterocycles. The zero-order valence-corrected chi connectivity index (χ0v) is 15.1. The van der Waals surface area contributed by atoms with Crippen LogP contribution in [0.3, 0.4) is 0 Å². The lowest BCUT2D eigenvalue weighted by Crippen LogP contribution is -2.09. The fourth-order valence-corrected chi connectivity index (χ4v) is 3.50. The van der Waals surface area contributed by atoms with Crippen LogP contribution in [0.25, 0.3) is 5.69 Å². The summed E-state index contributed by atoms with van der Waals surface area (Å²) in [5, 5.41) is 14.0. The van der Waals surface area contributed by atoms with Crippen molar-refractivity contribution in [1.29, 1.82) is 0 Å². The number of halogens is 2. The Kier molecular flexibility index (Phi) is 3.94. The number of nitrogens with zero attached hydrogens (tertiary/aromatic N) is 3. The minimum absolute atomic E-state index is 0.00422. The van der Waals surface area contributed by atoms with Crippen molar-refractivity contribution in [2.24, 2.45) is 4.99 Å². The van der Waals surface area contributed by atoms with Gasteiger partial charge in [0.05, 0.1) is 23.6 Å². The fraction of sp³-hybridized carbons (Fsp3) is 0.0556. The largest absolute Gasteiger partial charge is 0.476 e. The Morgan fingerprint density at radius 1 is 1.16 bits per heavy atom. The summed E-state index contributed by atoms with van der Waals surface area (Å²) in [5.41, 5.74) is 3.98. The Hall–Kier alpha value is -2.44. The van der Waals surface area contributed by atoms with Crippen LogP contribution in [0.5, 0.6) is 0 Å². The molecule has 2 aromatic carbocycles. The van der Waals surface area contributed by atoms with E-state index in [4.69, 9.17) is 16.6 Å². The minimum Gasteiger partial charge on any atom is -0.476 e. The van der Waals surface area contributed by atoms with Crippen LogP contribution >= 0.6 is 27.5 Å². The normalized spacial score (nSPS) is 12.8. The maximum absolute atomic E-state index is 11.3. The van der Waals surface area contributed by atoms with Crippen LogP contribution < -0.4 is 0 Å². The van der Waals surface area contributed by atoms with Gasteiger partial charge in [0, 0.05) is 20.6 Å². The second-order valence-corrected chi connectivity index (χ2v) is 6.83. The summed E-state index contributed by atoms with van der Waals surface area (Å²) >= 11 is 9.79. The Balaban J connectivity index is 1.98. The highest BCUT2D eigenvalue weighted by Crippen LogP contribution is 2.30. The molecule has 1 N–H and O–H groups in total. The van der Waals surface area contributed by atoms with Gasteiger partial charge in [-0.05, 0) is 30.3 Å². The van der Waals surface area contributed by atoms with Gasteiger partial charge in [-0.15, -0.1) is 0 Å². The molecule has 25 heavy (non-hydrogen) atoms. The third-order valence-electron chi connectivity index (χ3n) is 3.97. The number of benzene rings is 2. The molecule has 1 aliphatic heterocycles. The van der Waals surface area contributed by atoms with Gasteiger partial charge in [-0.1, -0.05) is 45.7 Å². The minimum atomic E-state index is -1.06. The van der Waals surface area contributed by atoms with E-state index in [0.717, 1.165) is 27.0 Å². The lowest BCUT2D eigenvalue weighted by molar-refractivity contribution is 0.0690. The average molecular weight is 417 g/mol. The van der Waals surface area contributed by atoms with Crippen molar-refractivity contribution in [3.05, 3.63) is 80.5 Å². The predicted molar refractivity (Wildman–Crippen MR) is 99.0 cm³/mol. The molecule has 0 aliphatic carbocycles. The second-order valence-electron chi connectivity index (χ2n) is 5.54. The highest BCUT2D eigenvalue weighted by Gasteiger charge is 2.23. The molecule has 0 radical (unpaired) electrons. The van der Waals surface area contributed by atoms with Gasteiger partial charge >= 0.3 is 5.97 Å². The summed E-state index contributed by atoms with van der Waals surface area (Å²) in [6.07, 6.45) is 0. The van der Waals surface area contributed by atoms with Gasteiger partial charge in [-0.2, -0.15) is 5.10 Å². The molecule has 0 unspecified atom stereocenters. The average Bonchev–Trinajstić information content (AvgIpc) is 2.95. The molecule has 2 heterocycles. The van der Waals surface area contributed by atoms with Crippen molar-refractivity contribution in [3.63, 3.8) is 0 Å². The topological polar surface area (TPSA) is 67.5 Å². The molecule has 5 nitrogen and oxygen atoms in total. The number of aromatic carboxylic acids is 1. The number of rotatable bonds is 2. The lowest BCUT2D eigenvalue weighted by atomic mass is 10.0. The van der Waals surface area contributed by atoms with Crippen molar-refractivity contribution >= 4 is 39.2 Å². The number of carbonyl (C=O) groups is 1. The number of carboxylic acids is 1. The van der Waals surface area contributed by atoms with Crippen molar-refractivity contribution in [1.82, 2.24) is 9.78 Å². The number of carboxylic acid groups (broad SMARTS) is 1. The second kappa shape index (κ2) is 6.13. The molecular formula is C18H11BrClN3O2. The number of aromatic nitrogens is 2. The maximum Gasteiger partial charge on any atom is 0.356 e. The molecule has 0 atom stereocenters. The third-order valence-corrected chi connectivity index (χ3v) is 4.90. The van der Waals surface area contributed by atoms with Crippen LogP contribution in [0.1, 0.15) is 27.3 Å². The van der Waals surface area contributed by atoms with Crippen molar-refractivity contribution in [2.45, 2.75) is 6.54 Å². The zero-order valence-electron chi connectivity index (χ0n) is 12.8. The standard InChI is InChI=1S/C18H11BrClN3O2/c19-14-4-2-1-3-12(14)17-13-7-10(20)5-6-16(13)23-11(9-21-17)8-15(22-23)18(24)25/h1-8H,9H2,(H,24,25). The van der Waals surface area contributed by atoms with Crippen LogP contribution in [-0.2, 0) is 6.54 Å². The molecule has 0 spiro atoms. The van der Waals surface area contributed by atoms with E-state index in [1.807, 2.05) is 36.4 Å². The van der Waals surface area contributed by atoms with E-state index in [-0.39, 0.29) is 5.69 Å². The van der Waals surface area contributed by atoms with Crippen molar-refractivity contribution in [2.75, 3.05) is 0 Å². The van der Waals surface area contributed by atoms with Crippen LogP contribution in [-0.4, -0.2) is 26.6 Å². The lowest BCUT2D eigenvalue weighted by Gasteiger charge is -2.12. The van der Waals surface area contributed by atoms with Gasteiger partial charge in [-0.25, -0.2) is 9.48 Å². The molecule has 0 amide bonds. The first-order valence-corrected chi connectivity index (χ1v) is 8.63. The van der Waals surface area contributed by atoms with E-state index in [1.54, 1.807) is 16.8 Å². The van der Waals surface area contributed by atoms with E-state index in [2.05, 4.69) is 21.0 Å². The summed E-state index contributed by atoms with van der Waals surface area (Å²) in [7, 11) is 0. The first kappa shape index (κ1) is 16.1. The molecule has 0 saturated carbocycles.